The third-order valence-corrected chi connectivity index (χ3v) is 3.89. The van der Waals surface area contributed by atoms with Gasteiger partial charge in [-0.05, 0) is 24.6 Å². The molecule has 0 saturated carbocycles. The molecule has 0 unspecified atom stereocenters. The van der Waals surface area contributed by atoms with Gasteiger partial charge in [-0.3, -0.25) is 4.79 Å². The molecular formula is C16H15FN2O3S. The molecule has 7 heteroatoms. The lowest BCUT2D eigenvalue weighted by atomic mass is 10.1. The maximum absolute atomic E-state index is 12.8. The van der Waals surface area contributed by atoms with Gasteiger partial charge in [0.05, 0.1) is 12.1 Å². The standard InChI is InChI=1S/C16H15FN2O3S/c1-3-8-22-15(21)14-10(2)18-16(23-14)19-13(20)9-11-4-6-12(17)7-5-11/h3-7H,1,8-9H2,2H3,(H,18,19,20). The van der Waals surface area contributed by atoms with E-state index in [9.17, 15) is 14.0 Å². The number of esters is 1. The molecule has 2 aromatic rings. The van der Waals surface area contributed by atoms with Crippen LogP contribution in [0.4, 0.5) is 9.52 Å². The third kappa shape index (κ3) is 4.72. The van der Waals surface area contributed by atoms with Crippen molar-refractivity contribution < 1.29 is 18.7 Å². The van der Waals surface area contributed by atoms with Gasteiger partial charge in [-0.25, -0.2) is 14.2 Å². The molecule has 0 saturated heterocycles. The van der Waals surface area contributed by atoms with Gasteiger partial charge in [-0.15, -0.1) is 0 Å². The molecule has 0 spiro atoms. The van der Waals surface area contributed by atoms with Crippen LogP contribution < -0.4 is 5.32 Å². The molecule has 2 rings (SSSR count). The highest BCUT2D eigenvalue weighted by Gasteiger charge is 2.17. The summed E-state index contributed by atoms with van der Waals surface area (Å²) in [5.74, 6) is -1.15. The first kappa shape index (κ1) is 16.8. The number of nitrogens with one attached hydrogen (secondary N) is 1. The minimum atomic E-state index is -0.501. The number of anilines is 1. The van der Waals surface area contributed by atoms with Gasteiger partial charge in [0.1, 0.15) is 17.3 Å². The zero-order valence-electron chi connectivity index (χ0n) is 12.5. The summed E-state index contributed by atoms with van der Waals surface area (Å²) in [7, 11) is 0. The van der Waals surface area contributed by atoms with Crippen LogP contribution in [0.2, 0.25) is 0 Å². The van der Waals surface area contributed by atoms with Crippen molar-refractivity contribution in [2.24, 2.45) is 0 Å². The highest BCUT2D eigenvalue weighted by atomic mass is 32.1. The Kier molecular flexibility index (Phi) is 5.59. The quantitative estimate of drug-likeness (QED) is 0.651. The molecule has 1 aromatic heterocycles. The maximum Gasteiger partial charge on any atom is 0.350 e. The van der Waals surface area contributed by atoms with Crippen molar-refractivity contribution in [2.45, 2.75) is 13.3 Å². The average Bonchev–Trinajstić information content (AvgIpc) is 2.87. The number of rotatable bonds is 6. The Morgan fingerprint density at radius 3 is 2.74 bits per heavy atom. The number of ether oxygens (including phenoxy) is 1. The average molecular weight is 334 g/mol. The smallest absolute Gasteiger partial charge is 0.350 e. The SMILES string of the molecule is C=CCOC(=O)c1sc(NC(=O)Cc2ccc(F)cc2)nc1C. The summed E-state index contributed by atoms with van der Waals surface area (Å²) in [6.07, 6.45) is 1.56. The number of halogens is 1. The van der Waals surface area contributed by atoms with Crippen LogP contribution in [-0.4, -0.2) is 23.5 Å². The number of nitrogens with zero attached hydrogens (tertiary/aromatic N) is 1. The molecule has 0 atom stereocenters. The van der Waals surface area contributed by atoms with E-state index < -0.39 is 5.97 Å². The number of amides is 1. The number of hydrogen-bond donors (Lipinski definition) is 1. The number of benzene rings is 1. The molecule has 0 fully saturated rings. The predicted molar refractivity (Wildman–Crippen MR) is 86.1 cm³/mol. The number of aryl methyl sites for hydroxylation is 1. The highest BCUT2D eigenvalue weighted by Crippen LogP contribution is 2.23. The summed E-state index contributed by atoms with van der Waals surface area (Å²) in [5, 5.41) is 2.94. The molecule has 0 radical (unpaired) electrons. The highest BCUT2D eigenvalue weighted by molar-refractivity contribution is 7.17. The number of thiazole rings is 1. The largest absolute Gasteiger partial charge is 0.457 e. The Balaban J connectivity index is 1.99. The van der Waals surface area contributed by atoms with E-state index >= 15 is 0 Å². The van der Waals surface area contributed by atoms with Crippen LogP contribution in [0, 0.1) is 12.7 Å². The molecule has 1 amide bonds. The van der Waals surface area contributed by atoms with Gasteiger partial charge >= 0.3 is 5.97 Å². The van der Waals surface area contributed by atoms with Crippen molar-refractivity contribution in [3.05, 3.63) is 58.9 Å². The molecule has 120 valence electrons. The summed E-state index contributed by atoms with van der Waals surface area (Å²) >= 11 is 1.05. The normalized spacial score (nSPS) is 10.2. The maximum atomic E-state index is 12.8. The van der Waals surface area contributed by atoms with E-state index in [4.69, 9.17) is 4.74 Å². The molecule has 0 aliphatic carbocycles. The van der Waals surface area contributed by atoms with E-state index in [1.54, 1.807) is 19.1 Å². The van der Waals surface area contributed by atoms with Gasteiger partial charge in [-0.1, -0.05) is 36.1 Å². The van der Waals surface area contributed by atoms with E-state index in [2.05, 4.69) is 16.9 Å². The van der Waals surface area contributed by atoms with Crippen molar-refractivity contribution in [1.82, 2.24) is 4.98 Å². The Morgan fingerprint density at radius 2 is 2.09 bits per heavy atom. The zero-order valence-corrected chi connectivity index (χ0v) is 13.3. The molecule has 1 heterocycles. The fraction of sp³-hybridized carbons (Fsp3) is 0.188. The lowest BCUT2D eigenvalue weighted by molar-refractivity contribution is -0.115. The predicted octanol–water partition coefficient (Wildman–Crippen LogP) is 3.11. The van der Waals surface area contributed by atoms with E-state index in [1.165, 1.54) is 18.2 Å². The first-order chi connectivity index (χ1) is 11.0. The Morgan fingerprint density at radius 1 is 1.39 bits per heavy atom. The van der Waals surface area contributed by atoms with Crippen molar-refractivity contribution in [3.8, 4) is 0 Å². The van der Waals surface area contributed by atoms with Crippen LogP contribution in [0.3, 0.4) is 0 Å². The molecule has 0 aliphatic rings. The lowest BCUT2D eigenvalue weighted by Gasteiger charge is -2.02. The summed E-state index contributed by atoms with van der Waals surface area (Å²) in [6.45, 7) is 5.25. The third-order valence-electron chi connectivity index (χ3n) is 2.84. The van der Waals surface area contributed by atoms with Crippen LogP contribution in [0.15, 0.2) is 36.9 Å². The zero-order chi connectivity index (χ0) is 16.8. The summed E-state index contributed by atoms with van der Waals surface area (Å²) < 4.78 is 17.8. The van der Waals surface area contributed by atoms with Gasteiger partial charge in [0, 0.05) is 0 Å². The molecule has 1 N–H and O–H groups in total. The topological polar surface area (TPSA) is 68.3 Å². The first-order valence-electron chi connectivity index (χ1n) is 6.79. The summed E-state index contributed by atoms with van der Waals surface area (Å²) in [6, 6.07) is 5.67. The van der Waals surface area contributed by atoms with Crippen LogP contribution in [0.25, 0.3) is 0 Å². The second kappa shape index (κ2) is 7.64. The van der Waals surface area contributed by atoms with Crippen molar-refractivity contribution >= 4 is 28.3 Å². The van der Waals surface area contributed by atoms with Crippen LogP contribution >= 0.6 is 11.3 Å². The van der Waals surface area contributed by atoms with Crippen molar-refractivity contribution in [1.29, 1.82) is 0 Å². The Hall–Kier alpha value is -2.54. The minimum absolute atomic E-state index is 0.0924. The Bertz CT molecular complexity index is 725. The fourth-order valence-electron chi connectivity index (χ4n) is 1.79. The number of hydrogen-bond acceptors (Lipinski definition) is 5. The number of aromatic nitrogens is 1. The van der Waals surface area contributed by atoms with Crippen LogP contribution in [-0.2, 0) is 16.0 Å². The lowest BCUT2D eigenvalue weighted by Crippen LogP contribution is -2.14. The fourth-order valence-corrected chi connectivity index (χ4v) is 2.67. The second-order valence-corrected chi connectivity index (χ2v) is 5.67. The van der Waals surface area contributed by atoms with E-state index in [-0.39, 0.29) is 24.8 Å². The summed E-state index contributed by atoms with van der Waals surface area (Å²) in [4.78, 5) is 28.2. The van der Waals surface area contributed by atoms with E-state index in [0.29, 0.717) is 21.3 Å². The van der Waals surface area contributed by atoms with Gasteiger partial charge in [0.15, 0.2) is 5.13 Å². The minimum Gasteiger partial charge on any atom is -0.457 e. The summed E-state index contributed by atoms with van der Waals surface area (Å²) in [5.41, 5.74) is 1.17. The van der Waals surface area contributed by atoms with E-state index in [1.807, 2.05) is 0 Å². The molecule has 0 bridgehead atoms. The molecule has 1 aromatic carbocycles. The second-order valence-electron chi connectivity index (χ2n) is 4.67. The molecular weight excluding hydrogens is 319 g/mol. The van der Waals surface area contributed by atoms with Gasteiger partial charge in [-0.2, -0.15) is 0 Å². The van der Waals surface area contributed by atoms with Gasteiger partial charge in [0.25, 0.3) is 0 Å². The molecule has 23 heavy (non-hydrogen) atoms. The Labute approximate surface area is 136 Å². The van der Waals surface area contributed by atoms with Crippen molar-refractivity contribution in [2.75, 3.05) is 11.9 Å². The van der Waals surface area contributed by atoms with Gasteiger partial charge < -0.3 is 10.1 Å². The van der Waals surface area contributed by atoms with Gasteiger partial charge in [0.2, 0.25) is 5.91 Å². The van der Waals surface area contributed by atoms with Crippen LogP contribution in [0.5, 0.6) is 0 Å². The molecule has 5 nitrogen and oxygen atoms in total. The number of carbonyl (C=O) groups excluding carboxylic acids is 2. The first-order valence-corrected chi connectivity index (χ1v) is 7.61. The van der Waals surface area contributed by atoms with Crippen molar-refractivity contribution in [3.63, 3.8) is 0 Å². The molecule has 0 aliphatic heterocycles. The number of carbonyl (C=O) groups is 2. The van der Waals surface area contributed by atoms with E-state index in [0.717, 1.165) is 11.3 Å². The van der Waals surface area contributed by atoms with Crippen LogP contribution in [0.1, 0.15) is 20.9 Å². The monoisotopic (exact) mass is 334 g/mol.